The van der Waals surface area contributed by atoms with Crippen LogP contribution in [0.15, 0.2) is 16.7 Å². The Labute approximate surface area is 132 Å². The summed E-state index contributed by atoms with van der Waals surface area (Å²) in [5, 5.41) is 14.3. The molecule has 1 aromatic heterocycles. The van der Waals surface area contributed by atoms with Crippen LogP contribution in [-0.2, 0) is 0 Å². The van der Waals surface area contributed by atoms with Gasteiger partial charge in [0, 0.05) is 18.5 Å². The molecule has 2 aromatic rings. The minimum absolute atomic E-state index is 0.120. The Bertz CT molecular complexity index is 713. The Hall–Kier alpha value is -1.80. The molecule has 0 unspecified atom stereocenters. The smallest absolute Gasteiger partial charge is 0.404 e. The van der Waals surface area contributed by atoms with Crippen molar-refractivity contribution in [3.8, 4) is 0 Å². The van der Waals surface area contributed by atoms with Gasteiger partial charge in [0.25, 0.3) is 0 Å². The molecule has 1 aromatic carbocycles. The van der Waals surface area contributed by atoms with Crippen molar-refractivity contribution in [1.29, 1.82) is 0 Å². The van der Waals surface area contributed by atoms with Gasteiger partial charge < -0.3 is 21.5 Å². The van der Waals surface area contributed by atoms with Crippen LogP contribution in [0.25, 0.3) is 10.9 Å². The highest BCUT2D eigenvalue weighted by Crippen LogP contribution is 2.36. The molecule has 0 saturated carbocycles. The lowest BCUT2D eigenvalue weighted by atomic mass is 10.1. The van der Waals surface area contributed by atoms with Gasteiger partial charge in [-0.05, 0) is 22.0 Å². The molecule has 0 aliphatic carbocycles. The molecule has 0 spiro atoms. The van der Waals surface area contributed by atoms with E-state index in [2.05, 4.69) is 31.5 Å². The summed E-state index contributed by atoms with van der Waals surface area (Å²) in [6.45, 7) is 0.455. The molecule has 1 heterocycles. The van der Waals surface area contributed by atoms with Crippen molar-refractivity contribution in [3.05, 3.63) is 27.6 Å². The number of anilines is 2. The zero-order valence-corrected chi connectivity index (χ0v) is 12.9. The van der Waals surface area contributed by atoms with Crippen molar-refractivity contribution in [2.24, 2.45) is 0 Å². The van der Waals surface area contributed by atoms with Crippen LogP contribution in [0.5, 0.6) is 0 Å². The second kappa shape index (κ2) is 6.31. The van der Waals surface area contributed by atoms with E-state index in [0.717, 1.165) is 0 Å². The van der Waals surface area contributed by atoms with Gasteiger partial charge in [-0.3, -0.25) is 4.98 Å². The van der Waals surface area contributed by atoms with Crippen molar-refractivity contribution < 1.29 is 14.3 Å². The number of carbonyl (C=O) groups is 1. The molecule has 6 nitrogen and oxygen atoms in total. The van der Waals surface area contributed by atoms with Crippen molar-refractivity contribution in [2.75, 3.05) is 24.1 Å². The van der Waals surface area contributed by atoms with Gasteiger partial charge in [-0.15, -0.1) is 0 Å². The molecule has 0 atom stereocenters. The number of nitrogens with two attached hydrogens (primary N) is 1. The highest BCUT2D eigenvalue weighted by atomic mass is 79.9. The second-order valence-corrected chi connectivity index (χ2v) is 5.33. The predicted molar refractivity (Wildman–Crippen MR) is 83.3 cm³/mol. The van der Waals surface area contributed by atoms with E-state index < -0.39 is 11.9 Å². The number of aromatic nitrogens is 1. The van der Waals surface area contributed by atoms with Gasteiger partial charge in [-0.1, -0.05) is 11.6 Å². The van der Waals surface area contributed by atoms with E-state index in [0.29, 0.717) is 16.8 Å². The minimum Gasteiger partial charge on any atom is -0.465 e. The van der Waals surface area contributed by atoms with Gasteiger partial charge in [-0.25, -0.2) is 9.18 Å². The molecule has 0 bridgehead atoms. The fourth-order valence-electron chi connectivity index (χ4n) is 1.81. The first-order valence-corrected chi connectivity index (χ1v) is 7.01. The molecule has 21 heavy (non-hydrogen) atoms. The number of halogens is 3. The van der Waals surface area contributed by atoms with Gasteiger partial charge >= 0.3 is 6.09 Å². The predicted octanol–water partition coefficient (Wildman–Crippen LogP) is 3.05. The SMILES string of the molecule is Nc1cnc2c(F)c(Br)c(Cl)cc2c1NCCNC(=O)O. The lowest BCUT2D eigenvalue weighted by molar-refractivity contribution is 0.195. The quantitative estimate of drug-likeness (QED) is 0.485. The third-order valence-corrected chi connectivity index (χ3v) is 4.03. The summed E-state index contributed by atoms with van der Waals surface area (Å²) in [6, 6.07) is 1.54. The number of hydrogen-bond donors (Lipinski definition) is 4. The molecule has 0 saturated heterocycles. The van der Waals surface area contributed by atoms with Crippen molar-refractivity contribution in [3.63, 3.8) is 0 Å². The van der Waals surface area contributed by atoms with Crippen LogP contribution in [-0.4, -0.2) is 29.3 Å². The Balaban J connectivity index is 2.38. The van der Waals surface area contributed by atoms with E-state index in [-0.39, 0.29) is 28.1 Å². The molecule has 1 amide bonds. The number of rotatable bonds is 4. The average Bonchev–Trinajstić information content (AvgIpc) is 2.43. The number of nitrogen functional groups attached to an aromatic ring is 1. The second-order valence-electron chi connectivity index (χ2n) is 4.13. The van der Waals surface area contributed by atoms with Gasteiger partial charge in [-0.2, -0.15) is 0 Å². The van der Waals surface area contributed by atoms with Crippen LogP contribution >= 0.6 is 27.5 Å². The van der Waals surface area contributed by atoms with E-state index in [1.54, 1.807) is 6.07 Å². The summed E-state index contributed by atoms with van der Waals surface area (Å²) >= 11 is 9.00. The molecule has 112 valence electrons. The summed E-state index contributed by atoms with van der Waals surface area (Å²) < 4.78 is 14.2. The normalized spacial score (nSPS) is 10.6. The van der Waals surface area contributed by atoms with E-state index in [4.69, 9.17) is 22.4 Å². The molecule has 0 fully saturated rings. The first-order valence-electron chi connectivity index (χ1n) is 5.84. The third-order valence-electron chi connectivity index (χ3n) is 2.73. The zero-order valence-electron chi connectivity index (χ0n) is 10.6. The van der Waals surface area contributed by atoms with Gasteiger partial charge in [0.1, 0.15) is 5.52 Å². The average molecular weight is 378 g/mol. The van der Waals surface area contributed by atoms with Crippen molar-refractivity contribution >= 4 is 55.9 Å². The van der Waals surface area contributed by atoms with Gasteiger partial charge in [0.15, 0.2) is 5.82 Å². The number of nitrogens with zero attached hydrogens (tertiary/aromatic N) is 1. The molecule has 5 N–H and O–H groups in total. The molecule has 9 heteroatoms. The fourth-order valence-corrected chi connectivity index (χ4v) is 2.30. The molecular formula is C12H11BrClFN4O2. The Morgan fingerprint density at radius 1 is 1.52 bits per heavy atom. The van der Waals surface area contributed by atoms with Gasteiger partial charge in [0.2, 0.25) is 0 Å². The maximum Gasteiger partial charge on any atom is 0.404 e. The summed E-state index contributed by atoms with van der Waals surface area (Å²) in [7, 11) is 0. The number of pyridine rings is 1. The standard InChI is InChI=1S/C12H11BrClFN4O2/c13-8-6(14)3-5-10(17-1-2-18-12(20)21)7(16)4-19-11(5)9(8)15/h3-4,18H,1-2,16H2,(H,17,19)(H,20,21). The fraction of sp³-hybridized carbons (Fsp3) is 0.167. The number of fused-ring (bicyclic) bond motifs is 1. The maximum absolute atomic E-state index is 14.1. The first kappa shape index (κ1) is 15.6. The Morgan fingerprint density at radius 2 is 2.24 bits per heavy atom. The van der Waals surface area contributed by atoms with Crippen molar-refractivity contribution in [1.82, 2.24) is 10.3 Å². The van der Waals surface area contributed by atoms with Crippen LogP contribution in [0.2, 0.25) is 5.02 Å². The summed E-state index contributed by atoms with van der Waals surface area (Å²) in [5.74, 6) is -0.579. The number of benzene rings is 1. The van der Waals surface area contributed by atoms with Gasteiger partial charge in [0.05, 0.1) is 27.1 Å². The molecular weight excluding hydrogens is 367 g/mol. The minimum atomic E-state index is -1.12. The summed E-state index contributed by atoms with van der Waals surface area (Å²) in [6.07, 6.45) is 0.209. The van der Waals surface area contributed by atoms with Crippen LogP contribution in [0.4, 0.5) is 20.6 Å². The van der Waals surface area contributed by atoms with E-state index in [1.807, 2.05) is 0 Å². The number of carboxylic acid groups (broad SMARTS) is 1. The summed E-state index contributed by atoms with van der Waals surface area (Å²) in [5.41, 5.74) is 6.72. The lowest BCUT2D eigenvalue weighted by Gasteiger charge is -2.13. The number of nitrogens with one attached hydrogen (secondary N) is 2. The molecule has 0 aliphatic rings. The zero-order chi connectivity index (χ0) is 15.6. The van der Waals surface area contributed by atoms with Crippen LogP contribution in [0.1, 0.15) is 0 Å². The van der Waals surface area contributed by atoms with Crippen LogP contribution in [0, 0.1) is 5.82 Å². The number of amides is 1. The number of hydrogen-bond acceptors (Lipinski definition) is 4. The van der Waals surface area contributed by atoms with Crippen LogP contribution < -0.4 is 16.4 Å². The Morgan fingerprint density at radius 3 is 2.90 bits per heavy atom. The Kier molecular flexibility index (Phi) is 4.69. The molecule has 2 rings (SSSR count). The molecule has 0 aliphatic heterocycles. The third kappa shape index (κ3) is 3.27. The van der Waals surface area contributed by atoms with Crippen LogP contribution in [0.3, 0.4) is 0 Å². The largest absolute Gasteiger partial charge is 0.465 e. The van der Waals surface area contributed by atoms with E-state index in [9.17, 15) is 9.18 Å². The topological polar surface area (TPSA) is 100 Å². The maximum atomic E-state index is 14.1. The lowest BCUT2D eigenvalue weighted by Crippen LogP contribution is -2.27. The van der Waals surface area contributed by atoms with Crippen molar-refractivity contribution in [2.45, 2.75) is 0 Å². The van der Waals surface area contributed by atoms with E-state index >= 15 is 0 Å². The summed E-state index contributed by atoms with van der Waals surface area (Å²) in [4.78, 5) is 14.3. The molecule has 0 radical (unpaired) electrons. The van der Waals surface area contributed by atoms with E-state index in [1.165, 1.54) is 6.20 Å². The highest BCUT2D eigenvalue weighted by molar-refractivity contribution is 9.10. The first-order chi connectivity index (χ1) is 9.91. The monoisotopic (exact) mass is 376 g/mol. The highest BCUT2D eigenvalue weighted by Gasteiger charge is 2.15.